The van der Waals surface area contributed by atoms with Crippen molar-refractivity contribution >= 4 is 70.1 Å². The fraction of sp³-hybridized carbons (Fsp3) is 0.0455. The van der Waals surface area contributed by atoms with E-state index in [0.29, 0.717) is 21.4 Å². The number of rotatable bonds is 6. The lowest BCUT2D eigenvalue weighted by atomic mass is 10.2. The van der Waals surface area contributed by atoms with E-state index in [1.807, 2.05) is 18.2 Å². The Kier molecular flexibility index (Phi) is 8.36. The number of hydrogen-bond donors (Lipinski definition) is 2. The first-order valence-electron chi connectivity index (χ1n) is 9.09. The van der Waals surface area contributed by atoms with Crippen LogP contribution in [0, 0.1) is 0 Å². The Morgan fingerprint density at radius 3 is 2.38 bits per heavy atom. The van der Waals surface area contributed by atoms with Gasteiger partial charge in [-0.25, -0.2) is 5.43 Å². The molecule has 3 rings (SSSR count). The average molecular weight is 511 g/mol. The molecule has 0 atom stereocenters. The van der Waals surface area contributed by atoms with Crippen molar-refractivity contribution < 1.29 is 14.3 Å². The number of nitrogens with zero attached hydrogens (tertiary/aromatic N) is 1. The monoisotopic (exact) mass is 509 g/mol. The molecule has 0 saturated heterocycles. The molecule has 3 aromatic carbocycles. The number of amides is 2. The predicted molar refractivity (Wildman–Crippen MR) is 128 cm³/mol. The molecule has 0 fully saturated rings. The second-order valence-electron chi connectivity index (χ2n) is 6.32. The lowest BCUT2D eigenvalue weighted by Gasteiger charge is -2.09. The number of carbonyl (C=O) groups is 2. The Labute approximate surface area is 204 Å². The molecule has 0 spiro atoms. The van der Waals surface area contributed by atoms with Crippen LogP contribution in [0.2, 0.25) is 20.1 Å². The summed E-state index contributed by atoms with van der Waals surface area (Å²) in [4.78, 5) is 23.9. The van der Waals surface area contributed by atoms with Gasteiger partial charge in [-0.3, -0.25) is 9.59 Å². The van der Waals surface area contributed by atoms with Crippen molar-refractivity contribution in [1.82, 2.24) is 5.43 Å². The van der Waals surface area contributed by atoms with Gasteiger partial charge in [-0.15, -0.1) is 0 Å². The maximum Gasteiger partial charge on any atom is 0.329 e. The van der Waals surface area contributed by atoms with Gasteiger partial charge in [-0.05, 0) is 42.0 Å². The van der Waals surface area contributed by atoms with Crippen LogP contribution in [0.25, 0.3) is 0 Å². The van der Waals surface area contributed by atoms with Crippen LogP contribution in [-0.2, 0) is 16.2 Å². The molecule has 0 bridgehead atoms. The zero-order valence-corrected chi connectivity index (χ0v) is 19.3. The number of hydrazone groups is 1. The van der Waals surface area contributed by atoms with Crippen LogP contribution in [0.1, 0.15) is 11.1 Å². The summed E-state index contributed by atoms with van der Waals surface area (Å²) in [6.45, 7) is 0.259. The van der Waals surface area contributed by atoms with E-state index < -0.39 is 11.8 Å². The zero-order valence-electron chi connectivity index (χ0n) is 16.2. The Morgan fingerprint density at radius 1 is 0.875 bits per heavy atom. The summed E-state index contributed by atoms with van der Waals surface area (Å²) in [5.41, 5.74) is 3.75. The molecule has 0 aromatic heterocycles. The maximum absolute atomic E-state index is 12.0. The molecule has 2 amide bonds. The van der Waals surface area contributed by atoms with Crippen LogP contribution >= 0.6 is 46.4 Å². The first-order chi connectivity index (χ1) is 15.3. The smallest absolute Gasteiger partial charge is 0.329 e. The van der Waals surface area contributed by atoms with Crippen molar-refractivity contribution in [3.63, 3.8) is 0 Å². The van der Waals surface area contributed by atoms with E-state index >= 15 is 0 Å². The normalized spacial score (nSPS) is 10.8. The number of halogens is 4. The SMILES string of the molecule is O=C(N/N=C\c1ccc(OCc2ccccc2Cl)c(Cl)c1)C(=O)Nc1cccc(Cl)c1Cl. The quantitative estimate of drug-likeness (QED) is 0.243. The lowest BCUT2D eigenvalue weighted by molar-refractivity contribution is -0.136. The minimum Gasteiger partial charge on any atom is -0.487 e. The number of hydrogen-bond acceptors (Lipinski definition) is 4. The van der Waals surface area contributed by atoms with Crippen molar-refractivity contribution in [2.24, 2.45) is 5.10 Å². The first kappa shape index (κ1) is 23.9. The number of benzene rings is 3. The largest absolute Gasteiger partial charge is 0.487 e. The molecule has 0 saturated carbocycles. The van der Waals surface area contributed by atoms with E-state index in [9.17, 15) is 9.59 Å². The number of nitrogens with one attached hydrogen (secondary N) is 2. The van der Waals surface area contributed by atoms with Crippen molar-refractivity contribution in [1.29, 1.82) is 0 Å². The predicted octanol–water partition coefficient (Wildman–Crippen LogP) is 5.97. The van der Waals surface area contributed by atoms with Crippen LogP contribution in [-0.4, -0.2) is 18.0 Å². The summed E-state index contributed by atoms with van der Waals surface area (Å²) in [6, 6.07) is 17.0. The van der Waals surface area contributed by atoms with E-state index in [-0.39, 0.29) is 22.3 Å². The van der Waals surface area contributed by atoms with Crippen molar-refractivity contribution in [3.05, 3.63) is 91.9 Å². The van der Waals surface area contributed by atoms with Crippen molar-refractivity contribution in [2.45, 2.75) is 6.61 Å². The van der Waals surface area contributed by atoms with Crippen LogP contribution < -0.4 is 15.5 Å². The molecule has 0 unspecified atom stereocenters. The van der Waals surface area contributed by atoms with E-state index in [4.69, 9.17) is 51.1 Å². The molecule has 0 aliphatic heterocycles. The first-order valence-corrected chi connectivity index (χ1v) is 10.6. The van der Waals surface area contributed by atoms with Crippen LogP contribution in [0.3, 0.4) is 0 Å². The van der Waals surface area contributed by atoms with Gasteiger partial charge in [0.15, 0.2) is 0 Å². The van der Waals surface area contributed by atoms with Gasteiger partial charge in [-0.1, -0.05) is 70.7 Å². The fourth-order valence-electron chi connectivity index (χ4n) is 2.48. The van der Waals surface area contributed by atoms with Crippen molar-refractivity contribution in [3.8, 4) is 5.75 Å². The minimum absolute atomic E-state index is 0.130. The summed E-state index contributed by atoms with van der Waals surface area (Å²) in [6.07, 6.45) is 1.33. The summed E-state index contributed by atoms with van der Waals surface area (Å²) < 4.78 is 5.70. The van der Waals surface area contributed by atoms with Gasteiger partial charge >= 0.3 is 11.8 Å². The lowest BCUT2D eigenvalue weighted by Crippen LogP contribution is -2.32. The van der Waals surface area contributed by atoms with Gasteiger partial charge in [0.1, 0.15) is 12.4 Å². The van der Waals surface area contributed by atoms with E-state index in [0.717, 1.165) is 5.56 Å². The Morgan fingerprint density at radius 2 is 1.62 bits per heavy atom. The number of carbonyl (C=O) groups excluding carboxylic acids is 2. The van der Waals surface area contributed by atoms with Gasteiger partial charge in [0, 0.05) is 10.6 Å². The second kappa shape index (κ2) is 11.2. The van der Waals surface area contributed by atoms with E-state index in [1.165, 1.54) is 12.3 Å². The molecule has 0 aliphatic rings. The van der Waals surface area contributed by atoms with Gasteiger partial charge < -0.3 is 10.1 Å². The molecule has 2 N–H and O–H groups in total. The van der Waals surface area contributed by atoms with Crippen molar-refractivity contribution in [2.75, 3.05) is 5.32 Å². The molecule has 3 aromatic rings. The molecule has 164 valence electrons. The second-order valence-corrected chi connectivity index (χ2v) is 7.92. The maximum atomic E-state index is 12.0. The van der Waals surface area contributed by atoms with Gasteiger partial charge in [-0.2, -0.15) is 5.10 Å². The third-order valence-corrected chi connectivity index (χ3v) is 5.57. The van der Waals surface area contributed by atoms with Crippen LogP contribution in [0.15, 0.2) is 65.8 Å². The molecule has 0 aliphatic carbocycles. The van der Waals surface area contributed by atoms with Gasteiger partial charge in [0.2, 0.25) is 0 Å². The molecule has 32 heavy (non-hydrogen) atoms. The number of anilines is 1. The highest BCUT2D eigenvalue weighted by Gasteiger charge is 2.15. The topological polar surface area (TPSA) is 79.8 Å². The van der Waals surface area contributed by atoms with Gasteiger partial charge in [0.05, 0.1) is 27.0 Å². The van der Waals surface area contributed by atoms with Crippen LogP contribution in [0.5, 0.6) is 5.75 Å². The standard InChI is InChI=1S/C22H15Cl4N3O3/c23-15-5-2-1-4-14(15)12-32-19-9-8-13(10-17(19)25)11-27-29-22(31)21(30)28-18-7-3-6-16(24)20(18)26/h1-11H,12H2,(H,28,30)(H,29,31)/b27-11-. The molecule has 6 nitrogen and oxygen atoms in total. The third kappa shape index (κ3) is 6.37. The van der Waals surface area contributed by atoms with E-state index in [2.05, 4.69) is 15.8 Å². The zero-order chi connectivity index (χ0) is 23.1. The molecule has 10 heteroatoms. The van der Waals surface area contributed by atoms with Crippen LogP contribution in [0.4, 0.5) is 5.69 Å². The minimum atomic E-state index is -0.983. The highest BCUT2D eigenvalue weighted by Crippen LogP contribution is 2.29. The molecule has 0 heterocycles. The summed E-state index contributed by atoms with van der Waals surface area (Å²) >= 11 is 24.2. The summed E-state index contributed by atoms with van der Waals surface area (Å²) in [7, 11) is 0. The highest BCUT2D eigenvalue weighted by atomic mass is 35.5. The summed E-state index contributed by atoms with van der Waals surface area (Å²) in [5.74, 6) is -1.47. The molecular weight excluding hydrogens is 496 g/mol. The average Bonchev–Trinajstić information content (AvgIpc) is 2.77. The Bertz CT molecular complexity index is 1180. The molecular formula is C22H15Cl4N3O3. The highest BCUT2D eigenvalue weighted by molar-refractivity contribution is 6.45. The number of ether oxygens (including phenoxy) is 1. The van der Waals surface area contributed by atoms with Gasteiger partial charge in [0.25, 0.3) is 0 Å². The third-order valence-electron chi connectivity index (χ3n) is 4.08. The summed E-state index contributed by atoms with van der Waals surface area (Å²) in [5, 5.41) is 7.45. The fourth-order valence-corrected chi connectivity index (χ4v) is 3.26. The Hall–Kier alpha value is -2.77. The Balaban J connectivity index is 1.55. The van der Waals surface area contributed by atoms with E-state index in [1.54, 1.807) is 36.4 Å². The molecule has 0 radical (unpaired) electrons.